The highest BCUT2D eigenvalue weighted by Crippen LogP contribution is 2.24. The van der Waals surface area contributed by atoms with Gasteiger partial charge in [0.25, 0.3) is 5.91 Å². The van der Waals surface area contributed by atoms with E-state index in [4.69, 9.17) is 16.3 Å². The van der Waals surface area contributed by atoms with Crippen molar-refractivity contribution in [2.24, 2.45) is 12.1 Å². The van der Waals surface area contributed by atoms with Gasteiger partial charge in [-0.3, -0.25) is 4.79 Å². The average molecular weight is 495 g/mol. The minimum absolute atomic E-state index is 0.147. The number of hydrazone groups is 1. The Balaban J connectivity index is 1.58. The molecule has 0 saturated heterocycles. The van der Waals surface area contributed by atoms with Gasteiger partial charge in [0.2, 0.25) is 0 Å². The number of carbonyl (C=O) groups is 1. The van der Waals surface area contributed by atoms with Gasteiger partial charge in [0.05, 0.1) is 19.1 Å². The van der Waals surface area contributed by atoms with Crippen LogP contribution in [0.3, 0.4) is 0 Å². The fraction of sp³-hybridized carbons (Fsp3) is 0.158. The number of rotatable bonds is 7. The minimum atomic E-state index is -0.257. The van der Waals surface area contributed by atoms with Crippen LogP contribution in [0.1, 0.15) is 5.56 Å². The van der Waals surface area contributed by atoms with Crippen molar-refractivity contribution in [3.63, 3.8) is 0 Å². The van der Waals surface area contributed by atoms with E-state index in [1.807, 2.05) is 48.0 Å². The zero-order chi connectivity index (χ0) is 20.8. The second kappa shape index (κ2) is 9.91. The third kappa shape index (κ3) is 5.59. The minimum Gasteiger partial charge on any atom is -0.496 e. The Morgan fingerprint density at radius 2 is 2.17 bits per heavy atom. The maximum atomic E-state index is 12.1. The van der Waals surface area contributed by atoms with Gasteiger partial charge in [-0.2, -0.15) is 5.10 Å². The molecule has 1 N–H and O–H groups in total. The van der Waals surface area contributed by atoms with Crippen LogP contribution in [0.15, 0.2) is 57.2 Å². The molecule has 29 heavy (non-hydrogen) atoms. The number of aromatic nitrogens is 3. The molecule has 7 nitrogen and oxygen atoms in total. The van der Waals surface area contributed by atoms with Crippen LogP contribution >= 0.6 is 39.3 Å². The predicted molar refractivity (Wildman–Crippen MR) is 119 cm³/mol. The maximum absolute atomic E-state index is 12.1. The first-order valence-electron chi connectivity index (χ1n) is 8.41. The number of methoxy groups -OCH3 is 1. The lowest BCUT2D eigenvalue weighted by Gasteiger charge is -2.05. The largest absolute Gasteiger partial charge is 0.496 e. The molecule has 3 aromatic rings. The summed E-state index contributed by atoms with van der Waals surface area (Å²) in [5.41, 5.74) is 4.10. The summed E-state index contributed by atoms with van der Waals surface area (Å²) < 4.78 is 7.97. The second-order valence-electron chi connectivity index (χ2n) is 5.84. The van der Waals surface area contributed by atoms with Crippen LogP contribution in [0.2, 0.25) is 5.02 Å². The molecule has 10 heteroatoms. The van der Waals surface area contributed by atoms with Crippen molar-refractivity contribution in [2.45, 2.75) is 5.16 Å². The molecular formula is C19H17BrClN5O2S. The second-order valence-corrected chi connectivity index (χ2v) is 8.14. The average Bonchev–Trinajstić information content (AvgIpc) is 3.07. The van der Waals surface area contributed by atoms with Gasteiger partial charge in [0, 0.05) is 27.7 Å². The number of hydrogen-bond donors (Lipinski definition) is 1. The van der Waals surface area contributed by atoms with Crippen LogP contribution < -0.4 is 10.2 Å². The molecule has 0 aliphatic rings. The molecule has 1 aromatic heterocycles. The number of nitrogens with one attached hydrogen (secondary N) is 1. The monoisotopic (exact) mass is 493 g/mol. The quantitative estimate of drug-likeness (QED) is 0.303. The van der Waals surface area contributed by atoms with Crippen LogP contribution in [0.5, 0.6) is 5.75 Å². The van der Waals surface area contributed by atoms with Gasteiger partial charge in [-0.15, -0.1) is 10.2 Å². The van der Waals surface area contributed by atoms with E-state index < -0.39 is 0 Å². The Bertz CT molecular complexity index is 1060. The molecule has 0 fully saturated rings. The lowest BCUT2D eigenvalue weighted by atomic mass is 10.2. The Morgan fingerprint density at radius 3 is 2.93 bits per heavy atom. The molecule has 0 radical (unpaired) electrons. The molecule has 0 aliphatic heterocycles. The Morgan fingerprint density at radius 1 is 1.34 bits per heavy atom. The first-order chi connectivity index (χ1) is 14.0. The number of ether oxygens (including phenoxy) is 1. The molecule has 1 amide bonds. The van der Waals surface area contributed by atoms with E-state index in [1.165, 1.54) is 18.0 Å². The summed E-state index contributed by atoms with van der Waals surface area (Å²) in [5.74, 6) is 1.23. The first kappa shape index (κ1) is 21.4. The van der Waals surface area contributed by atoms with Gasteiger partial charge in [0.15, 0.2) is 11.0 Å². The van der Waals surface area contributed by atoms with Crippen LogP contribution in [0.25, 0.3) is 11.4 Å². The first-order valence-corrected chi connectivity index (χ1v) is 10.6. The molecule has 0 bridgehead atoms. The zero-order valence-corrected chi connectivity index (χ0v) is 18.8. The van der Waals surface area contributed by atoms with Crippen molar-refractivity contribution < 1.29 is 9.53 Å². The highest BCUT2D eigenvalue weighted by Gasteiger charge is 2.13. The van der Waals surface area contributed by atoms with Gasteiger partial charge in [-0.1, -0.05) is 51.4 Å². The maximum Gasteiger partial charge on any atom is 0.250 e. The Labute approximate surface area is 185 Å². The normalized spacial score (nSPS) is 11.0. The Kier molecular flexibility index (Phi) is 7.29. The van der Waals surface area contributed by atoms with E-state index in [2.05, 4.69) is 36.7 Å². The third-order valence-corrected chi connectivity index (χ3v) is 5.58. The summed E-state index contributed by atoms with van der Waals surface area (Å²) in [4.78, 5) is 12.1. The third-order valence-electron chi connectivity index (χ3n) is 3.83. The summed E-state index contributed by atoms with van der Waals surface area (Å²) in [6.45, 7) is 0. The van der Waals surface area contributed by atoms with E-state index in [1.54, 1.807) is 13.2 Å². The van der Waals surface area contributed by atoms with Crippen molar-refractivity contribution in [1.82, 2.24) is 20.2 Å². The SMILES string of the molecule is COc1ccc(Br)cc1C=NNC(=O)CSc1nnc(-c2cccc(Cl)c2)n1C. The molecule has 1 heterocycles. The highest BCUT2D eigenvalue weighted by atomic mass is 79.9. The van der Waals surface area contributed by atoms with Gasteiger partial charge < -0.3 is 9.30 Å². The van der Waals surface area contributed by atoms with E-state index in [9.17, 15) is 4.79 Å². The van der Waals surface area contributed by atoms with Gasteiger partial charge in [0.1, 0.15) is 5.75 Å². The molecule has 3 rings (SSSR count). The molecule has 150 valence electrons. The number of thioether (sulfide) groups is 1. The molecular weight excluding hydrogens is 478 g/mol. The van der Waals surface area contributed by atoms with Crippen molar-refractivity contribution in [1.29, 1.82) is 0 Å². The molecule has 2 aromatic carbocycles. The lowest BCUT2D eigenvalue weighted by molar-refractivity contribution is -0.118. The summed E-state index contributed by atoms with van der Waals surface area (Å²) in [7, 11) is 3.42. The zero-order valence-electron chi connectivity index (χ0n) is 15.6. The van der Waals surface area contributed by atoms with Gasteiger partial charge >= 0.3 is 0 Å². The van der Waals surface area contributed by atoms with Crippen molar-refractivity contribution in [3.05, 3.63) is 57.5 Å². The van der Waals surface area contributed by atoms with Crippen LogP contribution in [-0.4, -0.2) is 39.7 Å². The Hall–Kier alpha value is -2.36. The molecule has 0 atom stereocenters. The van der Waals surface area contributed by atoms with Crippen LogP contribution in [0, 0.1) is 0 Å². The van der Waals surface area contributed by atoms with E-state index in [-0.39, 0.29) is 11.7 Å². The number of benzene rings is 2. The molecule has 0 spiro atoms. The van der Waals surface area contributed by atoms with E-state index in [0.717, 1.165) is 15.6 Å². The molecule has 0 unspecified atom stereocenters. The standard InChI is InChI=1S/C19H17BrClN5O2S/c1-26-18(12-4-3-5-15(21)9-12)24-25-19(26)29-11-17(27)23-22-10-13-8-14(20)6-7-16(13)28-2/h3-10H,11H2,1-2H3,(H,23,27). The van der Waals surface area contributed by atoms with Crippen LogP contribution in [0.4, 0.5) is 0 Å². The predicted octanol–water partition coefficient (Wildman–Crippen LogP) is 4.15. The van der Waals surface area contributed by atoms with E-state index >= 15 is 0 Å². The smallest absolute Gasteiger partial charge is 0.250 e. The number of nitrogens with zero attached hydrogens (tertiary/aromatic N) is 4. The van der Waals surface area contributed by atoms with Crippen LogP contribution in [-0.2, 0) is 11.8 Å². The van der Waals surface area contributed by atoms with Gasteiger partial charge in [-0.05, 0) is 30.3 Å². The molecule has 0 aliphatic carbocycles. The lowest BCUT2D eigenvalue weighted by Crippen LogP contribution is -2.20. The number of carbonyl (C=O) groups excluding carboxylic acids is 1. The van der Waals surface area contributed by atoms with Crippen molar-refractivity contribution in [3.8, 4) is 17.1 Å². The van der Waals surface area contributed by atoms with E-state index in [0.29, 0.717) is 21.8 Å². The fourth-order valence-electron chi connectivity index (χ4n) is 2.46. The highest BCUT2D eigenvalue weighted by molar-refractivity contribution is 9.10. The van der Waals surface area contributed by atoms with Crippen molar-refractivity contribution >= 4 is 51.4 Å². The fourth-order valence-corrected chi connectivity index (χ4v) is 3.73. The summed E-state index contributed by atoms with van der Waals surface area (Å²) in [6, 6.07) is 12.9. The topological polar surface area (TPSA) is 81.4 Å². The van der Waals surface area contributed by atoms with Crippen molar-refractivity contribution in [2.75, 3.05) is 12.9 Å². The summed E-state index contributed by atoms with van der Waals surface area (Å²) in [5, 5.41) is 13.6. The summed E-state index contributed by atoms with van der Waals surface area (Å²) in [6.07, 6.45) is 1.53. The number of hydrogen-bond acceptors (Lipinski definition) is 6. The number of amides is 1. The summed E-state index contributed by atoms with van der Waals surface area (Å²) >= 11 is 10.7. The van der Waals surface area contributed by atoms with Gasteiger partial charge in [-0.25, -0.2) is 5.43 Å². The number of halogens is 2. The molecule has 0 saturated carbocycles.